The largest absolute Gasteiger partial charge is 0.396 e. The van der Waals surface area contributed by atoms with E-state index in [1.807, 2.05) is 11.8 Å². The Hall–Kier alpha value is 0.270. The first kappa shape index (κ1) is 10.4. The number of thioether (sulfide) groups is 1. The van der Waals surface area contributed by atoms with Crippen molar-refractivity contribution in [2.75, 3.05) is 24.7 Å². The van der Waals surface area contributed by atoms with E-state index < -0.39 is 0 Å². The van der Waals surface area contributed by atoms with Crippen LogP contribution in [-0.4, -0.2) is 35.8 Å². The van der Waals surface area contributed by atoms with Crippen molar-refractivity contribution in [3.05, 3.63) is 0 Å². The van der Waals surface area contributed by atoms with Crippen molar-refractivity contribution < 1.29 is 5.11 Å². The quantitative estimate of drug-likeness (QED) is 0.694. The van der Waals surface area contributed by atoms with Crippen molar-refractivity contribution in [1.29, 1.82) is 0 Å². The fraction of sp³-hybridized carbons (Fsp3) is 1.00. The van der Waals surface area contributed by atoms with E-state index in [4.69, 9.17) is 5.11 Å². The van der Waals surface area contributed by atoms with Crippen molar-refractivity contribution in [1.82, 2.24) is 5.32 Å². The Bertz CT molecular complexity index is 132. The summed E-state index contributed by atoms with van der Waals surface area (Å²) < 4.78 is 0. The summed E-state index contributed by atoms with van der Waals surface area (Å²) in [5.74, 6) is 2.53. The lowest BCUT2D eigenvalue weighted by atomic mass is 9.94. The first-order valence-electron chi connectivity index (χ1n) is 4.56. The molecule has 1 atom stereocenters. The van der Waals surface area contributed by atoms with Crippen molar-refractivity contribution in [3.8, 4) is 0 Å². The second kappa shape index (κ2) is 4.49. The van der Waals surface area contributed by atoms with Gasteiger partial charge in [-0.05, 0) is 12.2 Å². The van der Waals surface area contributed by atoms with Gasteiger partial charge in [0.1, 0.15) is 0 Å². The van der Waals surface area contributed by atoms with Crippen LogP contribution in [0.5, 0.6) is 0 Å². The maximum Gasteiger partial charge on any atom is 0.0494 e. The van der Waals surface area contributed by atoms with E-state index in [-0.39, 0.29) is 12.0 Å². The number of nitrogens with one attached hydrogen (secondary N) is 1. The van der Waals surface area contributed by atoms with Gasteiger partial charge in [-0.1, -0.05) is 13.8 Å². The summed E-state index contributed by atoms with van der Waals surface area (Å²) in [5.41, 5.74) is 0.0350. The van der Waals surface area contributed by atoms with Crippen LogP contribution >= 0.6 is 11.8 Å². The standard InChI is InChI=1S/C9H19NOS/c1-9(2,7-11)6-10-8-3-4-12-5-8/h8,10-11H,3-7H2,1-2H3. The van der Waals surface area contributed by atoms with Crippen molar-refractivity contribution in [3.63, 3.8) is 0 Å². The van der Waals surface area contributed by atoms with Gasteiger partial charge in [-0.15, -0.1) is 0 Å². The van der Waals surface area contributed by atoms with E-state index in [1.165, 1.54) is 17.9 Å². The van der Waals surface area contributed by atoms with Gasteiger partial charge in [0.15, 0.2) is 0 Å². The molecule has 1 heterocycles. The molecule has 0 amide bonds. The molecule has 12 heavy (non-hydrogen) atoms. The highest BCUT2D eigenvalue weighted by Gasteiger charge is 2.20. The highest BCUT2D eigenvalue weighted by atomic mass is 32.2. The first-order chi connectivity index (χ1) is 5.64. The summed E-state index contributed by atoms with van der Waals surface area (Å²) in [6, 6.07) is 0.681. The monoisotopic (exact) mass is 189 g/mol. The molecule has 1 fully saturated rings. The van der Waals surface area contributed by atoms with E-state index in [0.717, 1.165) is 6.54 Å². The second-order valence-electron chi connectivity index (χ2n) is 4.26. The van der Waals surface area contributed by atoms with E-state index >= 15 is 0 Å². The third-order valence-electron chi connectivity index (χ3n) is 2.23. The molecule has 0 aromatic rings. The molecule has 0 aromatic heterocycles. The van der Waals surface area contributed by atoms with Crippen molar-refractivity contribution >= 4 is 11.8 Å². The Morgan fingerprint density at radius 2 is 2.33 bits per heavy atom. The van der Waals surface area contributed by atoms with Gasteiger partial charge in [-0.25, -0.2) is 0 Å². The summed E-state index contributed by atoms with van der Waals surface area (Å²) >= 11 is 2.02. The summed E-state index contributed by atoms with van der Waals surface area (Å²) in [5, 5.41) is 12.5. The molecule has 2 nitrogen and oxygen atoms in total. The molecular formula is C9H19NOS. The number of hydrogen-bond acceptors (Lipinski definition) is 3. The fourth-order valence-electron chi connectivity index (χ4n) is 1.17. The van der Waals surface area contributed by atoms with Gasteiger partial charge in [0.2, 0.25) is 0 Å². The average Bonchev–Trinajstić information content (AvgIpc) is 2.53. The zero-order valence-electron chi connectivity index (χ0n) is 7.97. The van der Waals surface area contributed by atoms with E-state index in [2.05, 4.69) is 19.2 Å². The summed E-state index contributed by atoms with van der Waals surface area (Å²) in [7, 11) is 0. The number of hydrogen-bond donors (Lipinski definition) is 2. The Balaban J connectivity index is 2.15. The topological polar surface area (TPSA) is 32.3 Å². The zero-order valence-corrected chi connectivity index (χ0v) is 8.78. The summed E-state index contributed by atoms with van der Waals surface area (Å²) in [6.45, 7) is 5.36. The van der Waals surface area contributed by atoms with Gasteiger partial charge in [0, 0.05) is 30.4 Å². The Morgan fingerprint density at radius 1 is 1.58 bits per heavy atom. The lowest BCUT2D eigenvalue weighted by Crippen LogP contribution is -2.38. The van der Waals surface area contributed by atoms with E-state index in [1.54, 1.807) is 0 Å². The molecule has 3 heteroatoms. The van der Waals surface area contributed by atoms with Gasteiger partial charge >= 0.3 is 0 Å². The smallest absolute Gasteiger partial charge is 0.0494 e. The van der Waals surface area contributed by atoms with Crippen LogP contribution in [0, 0.1) is 5.41 Å². The molecule has 0 saturated carbocycles. The van der Waals surface area contributed by atoms with Crippen LogP contribution in [-0.2, 0) is 0 Å². The number of aliphatic hydroxyl groups excluding tert-OH is 1. The van der Waals surface area contributed by atoms with E-state index in [0.29, 0.717) is 6.04 Å². The lowest BCUT2D eigenvalue weighted by Gasteiger charge is -2.24. The van der Waals surface area contributed by atoms with Crippen LogP contribution in [0.15, 0.2) is 0 Å². The molecule has 72 valence electrons. The van der Waals surface area contributed by atoms with Gasteiger partial charge in [0.25, 0.3) is 0 Å². The number of aliphatic hydroxyl groups is 1. The van der Waals surface area contributed by atoms with Crippen molar-refractivity contribution in [2.45, 2.75) is 26.3 Å². The molecule has 0 bridgehead atoms. The van der Waals surface area contributed by atoms with Crippen LogP contribution < -0.4 is 5.32 Å². The third-order valence-corrected chi connectivity index (χ3v) is 3.39. The minimum atomic E-state index is 0.0350. The molecule has 1 aliphatic rings. The minimum absolute atomic E-state index is 0.0350. The summed E-state index contributed by atoms with van der Waals surface area (Å²) in [4.78, 5) is 0. The normalized spacial score (nSPS) is 24.8. The summed E-state index contributed by atoms with van der Waals surface area (Å²) in [6.07, 6.45) is 1.28. The molecule has 1 unspecified atom stereocenters. The Labute approximate surface area is 79.1 Å². The van der Waals surface area contributed by atoms with Gasteiger partial charge in [-0.2, -0.15) is 11.8 Å². The van der Waals surface area contributed by atoms with Gasteiger partial charge in [0.05, 0.1) is 0 Å². The Morgan fingerprint density at radius 3 is 2.83 bits per heavy atom. The second-order valence-corrected chi connectivity index (χ2v) is 5.41. The molecule has 2 N–H and O–H groups in total. The molecule has 0 spiro atoms. The van der Waals surface area contributed by atoms with Gasteiger partial charge in [-0.3, -0.25) is 0 Å². The maximum atomic E-state index is 9.02. The maximum absolute atomic E-state index is 9.02. The zero-order chi connectivity index (χ0) is 9.03. The lowest BCUT2D eigenvalue weighted by molar-refractivity contribution is 0.154. The molecule has 1 aliphatic heterocycles. The molecule has 0 radical (unpaired) electrons. The molecule has 1 saturated heterocycles. The molecule has 0 aliphatic carbocycles. The van der Waals surface area contributed by atoms with Crippen LogP contribution in [0.2, 0.25) is 0 Å². The predicted molar refractivity (Wildman–Crippen MR) is 54.6 cm³/mol. The molecule has 0 aromatic carbocycles. The SMILES string of the molecule is CC(C)(CO)CNC1CCSC1. The molecule has 1 rings (SSSR count). The third kappa shape index (κ3) is 3.33. The van der Waals surface area contributed by atoms with Crippen LogP contribution in [0.1, 0.15) is 20.3 Å². The first-order valence-corrected chi connectivity index (χ1v) is 5.71. The van der Waals surface area contributed by atoms with Gasteiger partial charge < -0.3 is 10.4 Å². The number of rotatable bonds is 4. The fourth-order valence-corrected chi connectivity index (χ4v) is 2.36. The predicted octanol–water partition coefficient (Wildman–Crippen LogP) is 1.10. The van der Waals surface area contributed by atoms with Crippen molar-refractivity contribution in [2.24, 2.45) is 5.41 Å². The van der Waals surface area contributed by atoms with Crippen LogP contribution in [0.4, 0.5) is 0 Å². The van der Waals surface area contributed by atoms with E-state index in [9.17, 15) is 0 Å². The van der Waals surface area contributed by atoms with Crippen LogP contribution in [0.3, 0.4) is 0 Å². The highest BCUT2D eigenvalue weighted by Crippen LogP contribution is 2.19. The minimum Gasteiger partial charge on any atom is -0.396 e. The highest BCUT2D eigenvalue weighted by molar-refractivity contribution is 7.99. The average molecular weight is 189 g/mol. The Kier molecular flexibility index (Phi) is 3.87. The van der Waals surface area contributed by atoms with Crippen LogP contribution in [0.25, 0.3) is 0 Å². The molecular weight excluding hydrogens is 170 g/mol.